The summed E-state index contributed by atoms with van der Waals surface area (Å²) in [6.07, 6.45) is 1.62. The molecule has 3 aromatic rings. The van der Waals surface area contributed by atoms with Gasteiger partial charge in [-0.15, -0.1) is 23.1 Å². The van der Waals surface area contributed by atoms with E-state index >= 15 is 0 Å². The molecule has 9 heteroatoms. The highest BCUT2D eigenvalue weighted by molar-refractivity contribution is 7.99. The van der Waals surface area contributed by atoms with Gasteiger partial charge in [-0.1, -0.05) is 5.16 Å². The van der Waals surface area contributed by atoms with Crippen LogP contribution in [-0.2, 0) is 10.5 Å². The number of nitrogens with zero attached hydrogens (tertiary/aromatic N) is 5. The molecule has 1 aliphatic heterocycles. The van der Waals surface area contributed by atoms with Gasteiger partial charge in [-0.05, 0) is 25.3 Å². The molecule has 0 atom stereocenters. The largest absolute Gasteiger partial charge is 0.361 e. The maximum Gasteiger partial charge on any atom is 0.232 e. The topological polar surface area (TPSA) is 75.4 Å². The van der Waals surface area contributed by atoms with E-state index in [1.807, 2.05) is 24.1 Å². The van der Waals surface area contributed by atoms with Crippen LogP contribution >= 0.6 is 23.1 Å². The Bertz CT molecular complexity index is 927. The predicted molar refractivity (Wildman–Crippen MR) is 108 cm³/mol. The second-order valence-corrected chi connectivity index (χ2v) is 8.38. The third-order valence-corrected chi connectivity index (χ3v) is 6.59. The van der Waals surface area contributed by atoms with Crippen molar-refractivity contribution in [2.75, 3.05) is 36.8 Å². The van der Waals surface area contributed by atoms with E-state index in [0.717, 1.165) is 65.0 Å². The van der Waals surface area contributed by atoms with Crippen LogP contribution in [0.4, 0.5) is 5.82 Å². The molecule has 1 saturated heterocycles. The van der Waals surface area contributed by atoms with Crippen LogP contribution in [-0.4, -0.2) is 57.9 Å². The summed E-state index contributed by atoms with van der Waals surface area (Å²) in [5, 5.41) is 7.09. The normalized spacial score (nSPS) is 14.9. The maximum absolute atomic E-state index is 12.5. The Balaban J connectivity index is 1.30. The number of rotatable bonds is 5. The Hall–Kier alpha value is -2.13. The Labute approximate surface area is 165 Å². The van der Waals surface area contributed by atoms with Crippen molar-refractivity contribution in [1.29, 1.82) is 0 Å². The fourth-order valence-corrected chi connectivity index (χ4v) is 5.04. The van der Waals surface area contributed by atoms with Gasteiger partial charge in [0.2, 0.25) is 5.91 Å². The van der Waals surface area contributed by atoms with Gasteiger partial charge in [-0.25, -0.2) is 9.97 Å². The number of aromatic nitrogens is 3. The minimum atomic E-state index is 0.190. The van der Waals surface area contributed by atoms with Gasteiger partial charge in [0.1, 0.15) is 22.7 Å². The lowest BCUT2D eigenvalue weighted by Crippen LogP contribution is -2.49. The number of fused-ring (bicyclic) bond motifs is 1. The van der Waals surface area contributed by atoms with Crippen molar-refractivity contribution >= 4 is 45.0 Å². The highest BCUT2D eigenvalue weighted by Gasteiger charge is 2.23. The van der Waals surface area contributed by atoms with Crippen molar-refractivity contribution in [2.45, 2.75) is 19.6 Å². The number of anilines is 1. The van der Waals surface area contributed by atoms with Crippen LogP contribution in [0.1, 0.15) is 17.0 Å². The molecule has 1 fully saturated rings. The number of hydrogen-bond acceptors (Lipinski definition) is 8. The molecule has 7 nitrogen and oxygen atoms in total. The number of carbonyl (C=O) groups is 1. The minimum Gasteiger partial charge on any atom is -0.361 e. The molecular formula is C18H21N5O2S2. The zero-order valence-electron chi connectivity index (χ0n) is 15.3. The first-order valence-corrected chi connectivity index (χ1v) is 10.9. The van der Waals surface area contributed by atoms with Gasteiger partial charge >= 0.3 is 0 Å². The molecule has 4 rings (SSSR count). The van der Waals surface area contributed by atoms with E-state index in [0.29, 0.717) is 5.75 Å². The molecule has 0 aliphatic carbocycles. The molecule has 142 valence electrons. The monoisotopic (exact) mass is 403 g/mol. The van der Waals surface area contributed by atoms with Crippen LogP contribution in [0, 0.1) is 13.8 Å². The highest BCUT2D eigenvalue weighted by atomic mass is 32.2. The average Bonchev–Trinajstić information content (AvgIpc) is 3.29. The lowest BCUT2D eigenvalue weighted by molar-refractivity contribution is -0.128. The lowest BCUT2D eigenvalue weighted by Gasteiger charge is -2.35. The predicted octanol–water partition coefficient (Wildman–Crippen LogP) is 2.88. The van der Waals surface area contributed by atoms with Crippen LogP contribution in [0.5, 0.6) is 0 Å². The van der Waals surface area contributed by atoms with Crippen molar-refractivity contribution in [3.63, 3.8) is 0 Å². The standard InChI is InChI=1S/C18H21N5O2S2/c1-12-15(13(2)25-21-12)9-26-10-16(24)22-4-6-23(7-5-22)17-14-3-8-27-18(14)20-11-19-17/h3,8,11H,4-7,9-10H2,1-2H3. The van der Waals surface area contributed by atoms with Crippen molar-refractivity contribution < 1.29 is 9.32 Å². The number of piperazine rings is 1. The van der Waals surface area contributed by atoms with E-state index in [4.69, 9.17) is 4.52 Å². The molecule has 1 aliphatic rings. The first-order chi connectivity index (χ1) is 13.1. The summed E-state index contributed by atoms with van der Waals surface area (Å²) in [5.41, 5.74) is 2.01. The molecule has 0 saturated carbocycles. The van der Waals surface area contributed by atoms with E-state index in [1.165, 1.54) is 0 Å². The molecule has 0 radical (unpaired) electrons. The molecule has 0 spiro atoms. The molecular weight excluding hydrogens is 382 g/mol. The molecule has 0 aromatic carbocycles. The van der Waals surface area contributed by atoms with Crippen molar-refractivity contribution in [2.24, 2.45) is 0 Å². The second-order valence-electron chi connectivity index (χ2n) is 6.50. The van der Waals surface area contributed by atoms with Crippen molar-refractivity contribution in [3.05, 3.63) is 34.8 Å². The van der Waals surface area contributed by atoms with E-state index in [2.05, 4.69) is 26.1 Å². The van der Waals surface area contributed by atoms with Gasteiger partial charge in [-0.2, -0.15) is 0 Å². The Morgan fingerprint density at radius 1 is 1.26 bits per heavy atom. The molecule has 1 amide bonds. The molecule has 0 N–H and O–H groups in total. The molecule has 0 bridgehead atoms. The number of aryl methyl sites for hydroxylation is 2. The maximum atomic E-state index is 12.5. The van der Waals surface area contributed by atoms with Gasteiger partial charge in [0.05, 0.1) is 16.8 Å². The van der Waals surface area contributed by atoms with E-state index in [9.17, 15) is 4.79 Å². The van der Waals surface area contributed by atoms with E-state index in [1.54, 1.807) is 29.4 Å². The van der Waals surface area contributed by atoms with Gasteiger partial charge in [0, 0.05) is 37.5 Å². The number of thioether (sulfide) groups is 1. The summed E-state index contributed by atoms with van der Waals surface area (Å²) in [6.45, 7) is 6.88. The number of thiophene rings is 1. The van der Waals surface area contributed by atoms with Gasteiger partial charge in [-0.3, -0.25) is 4.79 Å². The van der Waals surface area contributed by atoms with Crippen molar-refractivity contribution in [3.8, 4) is 0 Å². The Kier molecular flexibility index (Phi) is 5.31. The first-order valence-electron chi connectivity index (χ1n) is 8.84. The van der Waals surface area contributed by atoms with Gasteiger partial charge < -0.3 is 14.3 Å². The lowest BCUT2D eigenvalue weighted by atomic mass is 10.2. The van der Waals surface area contributed by atoms with E-state index < -0.39 is 0 Å². The first kappa shape index (κ1) is 18.2. The molecule has 0 unspecified atom stereocenters. The fourth-order valence-electron chi connectivity index (χ4n) is 3.24. The average molecular weight is 404 g/mol. The zero-order chi connectivity index (χ0) is 18.8. The fraction of sp³-hybridized carbons (Fsp3) is 0.444. The Morgan fingerprint density at radius 2 is 2.07 bits per heavy atom. The summed E-state index contributed by atoms with van der Waals surface area (Å²) in [5.74, 6) is 3.23. The summed E-state index contributed by atoms with van der Waals surface area (Å²) >= 11 is 3.24. The summed E-state index contributed by atoms with van der Waals surface area (Å²) in [4.78, 5) is 26.5. The smallest absolute Gasteiger partial charge is 0.232 e. The van der Waals surface area contributed by atoms with Crippen LogP contribution in [0.3, 0.4) is 0 Å². The van der Waals surface area contributed by atoms with E-state index in [-0.39, 0.29) is 5.91 Å². The molecule has 27 heavy (non-hydrogen) atoms. The third-order valence-electron chi connectivity index (χ3n) is 4.83. The van der Waals surface area contributed by atoms with Crippen LogP contribution < -0.4 is 4.90 Å². The minimum absolute atomic E-state index is 0.190. The van der Waals surface area contributed by atoms with Crippen LogP contribution in [0.25, 0.3) is 10.2 Å². The Morgan fingerprint density at radius 3 is 2.81 bits per heavy atom. The van der Waals surface area contributed by atoms with Gasteiger partial charge in [0.15, 0.2) is 0 Å². The SMILES string of the molecule is Cc1noc(C)c1CSCC(=O)N1CCN(c2ncnc3sccc23)CC1. The van der Waals surface area contributed by atoms with Crippen LogP contribution in [0.15, 0.2) is 22.3 Å². The summed E-state index contributed by atoms with van der Waals surface area (Å²) in [7, 11) is 0. The van der Waals surface area contributed by atoms with Crippen LogP contribution in [0.2, 0.25) is 0 Å². The summed E-state index contributed by atoms with van der Waals surface area (Å²) < 4.78 is 5.17. The summed E-state index contributed by atoms with van der Waals surface area (Å²) in [6, 6.07) is 2.07. The quantitative estimate of drug-likeness (QED) is 0.648. The third kappa shape index (κ3) is 3.79. The number of hydrogen-bond donors (Lipinski definition) is 0. The molecule has 4 heterocycles. The number of carbonyl (C=O) groups excluding carboxylic acids is 1. The van der Waals surface area contributed by atoms with Crippen molar-refractivity contribution in [1.82, 2.24) is 20.0 Å². The number of amides is 1. The second kappa shape index (κ2) is 7.85. The van der Waals surface area contributed by atoms with Gasteiger partial charge in [0.25, 0.3) is 0 Å². The molecule has 3 aromatic heterocycles. The zero-order valence-corrected chi connectivity index (χ0v) is 17.0. The highest BCUT2D eigenvalue weighted by Crippen LogP contribution is 2.27.